The van der Waals surface area contributed by atoms with Gasteiger partial charge >= 0.3 is 0 Å². The maximum absolute atomic E-state index is 12.6. The van der Waals surface area contributed by atoms with Crippen LogP contribution in [0, 0.1) is 5.92 Å². The Morgan fingerprint density at radius 1 is 0.933 bits per heavy atom. The van der Waals surface area contributed by atoms with Crippen molar-refractivity contribution >= 4 is 46.4 Å². The average molecular weight is 448 g/mol. The lowest BCUT2D eigenvalue weighted by Crippen LogP contribution is -2.50. The van der Waals surface area contributed by atoms with Gasteiger partial charge in [-0.25, -0.2) is 0 Å². The van der Waals surface area contributed by atoms with E-state index >= 15 is 0 Å². The van der Waals surface area contributed by atoms with Gasteiger partial charge in [0.05, 0.1) is 0 Å². The zero-order valence-electron chi connectivity index (χ0n) is 17.3. The third-order valence-corrected chi connectivity index (χ3v) is 5.98. The number of carbonyl (C=O) groups excluding carboxylic acids is 2. The van der Waals surface area contributed by atoms with E-state index in [1.54, 1.807) is 18.2 Å². The quantitative estimate of drug-likeness (QED) is 0.650. The first-order chi connectivity index (χ1) is 14.4. The average Bonchev–Trinajstić information content (AvgIpc) is 2.74. The number of nitrogens with one attached hydrogen (secondary N) is 1. The first-order valence-corrected chi connectivity index (χ1v) is 11.1. The van der Waals surface area contributed by atoms with Gasteiger partial charge in [-0.3, -0.25) is 9.59 Å². The summed E-state index contributed by atoms with van der Waals surface area (Å²) < 4.78 is 0. The van der Waals surface area contributed by atoms with Crippen molar-refractivity contribution in [3.05, 3.63) is 58.1 Å². The SMILES string of the molecule is CCC(CC)C(=O)N1CCN(c2ccc(NC(=O)c3cc(Cl)cc(Cl)c3)cc2)CC1. The van der Waals surface area contributed by atoms with Crippen LogP contribution in [0.25, 0.3) is 0 Å². The summed E-state index contributed by atoms with van der Waals surface area (Å²) in [5, 5.41) is 3.70. The molecule has 3 rings (SSSR count). The van der Waals surface area contributed by atoms with E-state index in [0.29, 0.717) is 21.3 Å². The topological polar surface area (TPSA) is 52.7 Å². The molecule has 0 spiro atoms. The molecule has 0 unspecified atom stereocenters. The molecule has 0 saturated carbocycles. The summed E-state index contributed by atoms with van der Waals surface area (Å²) in [7, 11) is 0. The fraction of sp³-hybridized carbons (Fsp3) is 0.391. The Labute approximate surface area is 187 Å². The third kappa shape index (κ3) is 5.46. The number of amides is 2. The number of nitrogens with zero attached hydrogens (tertiary/aromatic N) is 2. The number of piperazine rings is 1. The molecule has 1 aliphatic rings. The number of anilines is 2. The van der Waals surface area contributed by atoms with E-state index in [1.165, 1.54) is 0 Å². The van der Waals surface area contributed by atoms with E-state index in [1.807, 2.05) is 29.2 Å². The van der Waals surface area contributed by atoms with Gasteiger partial charge in [-0.15, -0.1) is 0 Å². The van der Waals surface area contributed by atoms with E-state index < -0.39 is 0 Å². The van der Waals surface area contributed by atoms with Crippen molar-refractivity contribution in [3.8, 4) is 0 Å². The Balaban J connectivity index is 1.57. The van der Waals surface area contributed by atoms with Crippen LogP contribution in [0.15, 0.2) is 42.5 Å². The van der Waals surface area contributed by atoms with Crippen molar-refractivity contribution in [1.82, 2.24) is 4.90 Å². The molecule has 0 aromatic heterocycles. The van der Waals surface area contributed by atoms with Crippen molar-refractivity contribution < 1.29 is 9.59 Å². The van der Waals surface area contributed by atoms with Crippen LogP contribution in [0.3, 0.4) is 0 Å². The van der Waals surface area contributed by atoms with Gasteiger partial charge in [0, 0.05) is 59.1 Å². The molecule has 2 amide bonds. The van der Waals surface area contributed by atoms with Crippen molar-refractivity contribution in [2.75, 3.05) is 36.4 Å². The molecule has 5 nitrogen and oxygen atoms in total. The van der Waals surface area contributed by atoms with Crippen molar-refractivity contribution in [2.24, 2.45) is 5.92 Å². The van der Waals surface area contributed by atoms with E-state index in [2.05, 4.69) is 24.1 Å². The van der Waals surface area contributed by atoms with Gasteiger partial charge in [0.25, 0.3) is 5.91 Å². The molecule has 0 bridgehead atoms. The molecule has 30 heavy (non-hydrogen) atoms. The highest BCUT2D eigenvalue weighted by molar-refractivity contribution is 6.35. The molecule has 7 heteroatoms. The minimum atomic E-state index is -0.263. The molecule has 2 aromatic carbocycles. The minimum absolute atomic E-state index is 0.133. The van der Waals surface area contributed by atoms with Crippen LogP contribution in [-0.2, 0) is 4.79 Å². The van der Waals surface area contributed by atoms with Gasteiger partial charge in [-0.2, -0.15) is 0 Å². The molecular formula is C23H27Cl2N3O2. The number of hydrogen-bond acceptors (Lipinski definition) is 3. The van der Waals surface area contributed by atoms with E-state index in [0.717, 1.165) is 44.7 Å². The molecule has 1 heterocycles. The predicted octanol–water partition coefficient (Wildman–Crippen LogP) is 5.33. The minimum Gasteiger partial charge on any atom is -0.368 e. The number of halogens is 2. The summed E-state index contributed by atoms with van der Waals surface area (Å²) in [5.74, 6) is 0.147. The second kappa shape index (κ2) is 10.2. The van der Waals surface area contributed by atoms with Crippen molar-refractivity contribution in [1.29, 1.82) is 0 Å². The van der Waals surface area contributed by atoms with Crippen LogP contribution in [-0.4, -0.2) is 42.9 Å². The van der Waals surface area contributed by atoms with Gasteiger partial charge in [-0.05, 0) is 55.3 Å². The highest BCUT2D eigenvalue weighted by atomic mass is 35.5. The van der Waals surface area contributed by atoms with Crippen LogP contribution >= 0.6 is 23.2 Å². The summed E-state index contributed by atoms with van der Waals surface area (Å²) >= 11 is 11.9. The van der Waals surface area contributed by atoms with Crippen molar-refractivity contribution in [2.45, 2.75) is 26.7 Å². The largest absolute Gasteiger partial charge is 0.368 e. The molecule has 0 aliphatic carbocycles. The standard InChI is InChI=1S/C23H27Cl2N3O2/c1-3-16(4-2)23(30)28-11-9-27(10-12-28)21-7-5-20(6-8-21)26-22(29)17-13-18(24)15-19(25)14-17/h5-8,13-16H,3-4,9-12H2,1-2H3,(H,26,29). The number of benzene rings is 2. The second-order valence-electron chi connectivity index (χ2n) is 7.48. The van der Waals surface area contributed by atoms with Crippen LogP contribution in [0.2, 0.25) is 10.0 Å². The Bertz CT molecular complexity index is 870. The van der Waals surface area contributed by atoms with Gasteiger partial charge < -0.3 is 15.1 Å². The molecule has 0 radical (unpaired) electrons. The Morgan fingerprint density at radius 3 is 2.03 bits per heavy atom. The fourth-order valence-corrected chi connectivity index (χ4v) is 4.25. The van der Waals surface area contributed by atoms with Crippen LogP contribution in [0.4, 0.5) is 11.4 Å². The monoisotopic (exact) mass is 447 g/mol. The van der Waals surface area contributed by atoms with E-state index in [4.69, 9.17) is 23.2 Å². The maximum atomic E-state index is 12.6. The first-order valence-electron chi connectivity index (χ1n) is 10.3. The molecule has 1 fully saturated rings. The normalized spacial score (nSPS) is 14.2. The molecule has 1 N–H and O–H groups in total. The lowest BCUT2D eigenvalue weighted by molar-refractivity contribution is -0.136. The van der Waals surface area contributed by atoms with E-state index in [9.17, 15) is 9.59 Å². The number of rotatable bonds is 6. The molecule has 1 saturated heterocycles. The van der Waals surface area contributed by atoms with Gasteiger partial charge in [0.15, 0.2) is 0 Å². The van der Waals surface area contributed by atoms with Crippen LogP contribution < -0.4 is 10.2 Å². The van der Waals surface area contributed by atoms with Gasteiger partial charge in [0.1, 0.15) is 0 Å². The smallest absolute Gasteiger partial charge is 0.255 e. The zero-order chi connectivity index (χ0) is 21.7. The highest BCUT2D eigenvalue weighted by Gasteiger charge is 2.25. The summed E-state index contributed by atoms with van der Waals surface area (Å²) in [4.78, 5) is 29.2. The second-order valence-corrected chi connectivity index (χ2v) is 8.36. The third-order valence-electron chi connectivity index (χ3n) is 5.54. The lowest BCUT2D eigenvalue weighted by Gasteiger charge is -2.37. The maximum Gasteiger partial charge on any atom is 0.255 e. The molecule has 0 atom stereocenters. The highest BCUT2D eigenvalue weighted by Crippen LogP contribution is 2.23. The summed E-state index contributed by atoms with van der Waals surface area (Å²) in [6.07, 6.45) is 1.79. The Morgan fingerprint density at radius 2 is 1.50 bits per heavy atom. The van der Waals surface area contributed by atoms with Gasteiger partial charge in [0.2, 0.25) is 5.91 Å². The number of carbonyl (C=O) groups is 2. The summed E-state index contributed by atoms with van der Waals surface area (Å²) in [6, 6.07) is 12.5. The molecular weight excluding hydrogens is 421 g/mol. The van der Waals surface area contributed by atoms with Crippen LogP contribution in [0.5, 0.6) is 0 Å². The Hall–Kier alpha value is -2.24. The van der Waals surface area contributed by atoms with Crippen LogP contribution in [0.1, 0.15) is 37.0 Å². The molecule has 160 valence electrons. The molecule has 1 aliphatic heterocycles. The predicted molar refractivity (Wildman–Crippen MR) is 124 cm³/mol. The lowest BCUT2D eigenvalue weighted by atomic mass is 10.0. The number of hydrogen-bond donors (Lipinski definition) is 1. The first kappa shape index (κ1) is 22.4. The summed E-state index contributed by atoms with van der Waals surface area (Å²) in [6.45, 7) is 7.23. The van der Waals surface area contributed by atoms with E-state index in [-0.39, 0.29) is 17.7 Å². The molecule has 2 aromatic rings. The summed E-state index contributed by atoms with van der Waals surface area (Å²) in [5.41, 5.74) is 2.19. The van der Waals surface area contributed by atoms with Gasteiger partial charge in [-0.1, -0.05) is 37.0 Å². The Kier molecular flexibility index (Phi) is 7.62. The zero-order valence-corrected chi connectivity index (χ0v) is 18.8. The fourth-order valence-electron chi connectivity index (χ4n) is 3.72. The van der Waals surface area contributed by atoms with Crippen molar-refractivity contribution in [3.63, 3.8) is 0 Å².